The molecule has 1 atom stereocenters. The molecule has 0 aromatic rings. The second-order valence-electron chi connectivity index (χ2n) is 22.0. The van der Waals surface area contributed by atoms with Crippen LogP contribution in [0.25, 0.3) is 0 Å². The molecule has 1 unspecified atom stereocenters. The highest BCUT2D eigenvalue weighted by molar-refractivity contribution is 5.71. The first-order chi connectivity index (χ1) is 36.5. The SMILES string of the molecule is CCCCC/C=C\C/C=C\CCCCCCCCCCCC(=O)OC(COC(=O)CCCCCCCCCC)COC(=O)CCCCCCCCCCCCCCCCCCC/C=C\C/C=C\CCCCCCC. The molecule has 0 aliphatic rings. The summed E-state index contributed by atoms with van der Waals surface area (Å²) >= 11 is 0. The van der Waals surface area contributed by atoms with Crippen molar-refractivity contribution in [3.8, 4) is 0 Å². The average molecular weight is 1040 g/mol. The number of allylic oxidation sites excluding steroid dienone is 8. The molecule has 74 heavy (non-hydrogen) atoms. The van der Waals surface area contributed by atoms with Gasteiger partial charge in [0.2, 0.25) is 0 Å². The predicted molar refractivity (Wildman–Crippen MR) is 321 cm³/mol. The summed E-state index contributed by atoms with van der Waals surface area (Å²) < 4.78 is 16.9. The molecule has 0 saturated heterocycles. The molecule has 0 heterocycles. The number of rotatable bonds is 60. The first-order valence-corrected chi connectivity index (χ1v) is 32.6. The fraction of sp³-hybridized carbons (Fsp3) is 0.838. The Morgan fingerprint density at radius 3 is 0.770 bits per heavy atom. The molecule has 0 fully saturated rings. The van der Waals surface area contributed by atoms with Crippen LogP contribution < -0.4 is 0 Å². The lowest BCUT2D eigenvalue weighted by atomic mass is 10.0. The predicted octanol–water partition coefficient (Wildman–Crippen LogP) is 22.2. The minimum absolute atomic E-state index is 0.0707. The van der Waals surface area contributed by atoms with Crippen molar-refractivity contribution in [3.63, 3.8) is 0 Å². The molecule has 0 radical (unpaired) electrons. The highest BCUT2D eigenvalue weighted by Gasteiger charge is 2.19. The largest absolute Gasteiger partial charge is 0.462 e. The van der Waals surface area contributed by atoms with Crippen molar-refractivity contribution in [1.82, 2.24) is 0 Å². The van der Waals surface area contributed by atoms with E-state index in [1.165, 1.54) is 238 Å². The van der Waals surface area contributed by atoms with Crippen molar-refractivity contribution in [3.05, 3.63) is 48.6 Å². The van der Waals surface area contributed by atoms with E-state index in [4.69, 9.17) is 14.2 Å². The summed E-state index contributed by atoms with van der Waals surface area (Å²) in [6, 6.07) is 0. The van der Waals surface area contributed by atoms with E-state index in [0.29, 0.717) is 19.3 Å². The molecule has 0 spiro atoms. The lowest BCUT2D eigenvalue weighted by Crippen LogP contribution is -2.30. The van der Waals surface area contributed by atoms with Gasteiger partial charge in [0.15, 0.2) is 6.10 Å². The molecular formula is C68H124O6. The summed E-state index contributed by atoms with van der Waals surface area (Å²) in [5.41, 5.74) is 0. The van der Waals surface area contributed by atoms with Gasteiger partial charge in [-0.1, -0.05) is 294 Å². The van der Waals surface area contributed by atoms with E-state index >= 15 is 0 Å². The zero-order valence-corrected chi connectivity index (χ0v) is 49.6. The van der Waals surface area contributed by atoms with E-state index in [1.54, 1.807) is 0 Å². The molecule has 432 valence electrons. The number of hydrogen-bond donors (Lipinski definition) is 0. The van der Waals surface area contributed by atoms with Crippen LogP contribution in [-0.4, -0.2) is 37.2 Å². The van der Waals surface area contributed by atoms with E-state index in [0.717, 1.165) is 70.6 Å². The van der Waals surface area contributed by atoms with Gasteiger partial charge in [0.1, 0.15) is 13.2 Å². The van der Waals surface area contributed by atoms with Crippen molar-refractivity contribution in [1.29, 1.82) is 0 Å². The molecule has 0 rings (SSSR count). The quantitative estimate of drug-likeness (QED) is 0.0261. The van der Waals surface area contributed by atoms with Crippen molar-refractivity contribution < 1.29 is 28.6 Å². The van der Waals surface area contributed by atoms with Gasteiger partial charge in [-0.3, -0.25) is 14.4 Å². The van der Waals surface area contributed by atoms with Gasteiger partial charge >= 0.3 is 17.9 Å². The number of hydrogen-bond acceptors (Lipinski definition) is 6. The lowest BCUT2D eigenvalue weighted by Gasteiger charge is -2.18. The smallest absolute Gasteiger partial charge is 0.306 e. The Bertz CT molecular complexity index is 1280. The third kappa shape index (κ3) is 60.2. The minimum atomic E-state index is -0.771. The van der Waals surface area contributed by atoms with Crippen LogP contribution >= 0.6 is 0 Å². The van der Waals surface area contributed by atoms with Gasteiger partial charge in [0, 0.05) is 19.3 Å². The lowest BCUT2D eigenvalue weighted by molar-refractivity contribution is -0.167. The maximum Gasteiger partial charge on any atom is 0.306 e. The van der Waals surface area contributed by atoms with E-state index in [-0.39, 0.29) is 31.1 Å². The van der Waals surface area contributed by atoms with E-state index < -0.39 is 6.10 Å². The van der Waals surface area contributed by atoms with Gasteiger partial charge in [0.25, 0.3) is 0 Å². The standard InChI is InChI=1S/C68H124O6/c1-4-7-10-13-16-19-21-23-25-27-29-30-31-32-33-34-35-36-37-38-40-41-43-45-47-49-52-55-58-61-67(70)73-64-65(63-72-66(69)60-57-54-51-18-15-12-9-6-3)74-68(71)62-59-56-53-50-48-46-44-42-39-28-26-24-22-20-17-14-11-8-5-2/h17,20-21,23-24,26-27,29,65H,4-16,18-19,22,25,28,30-64H2,1-3H3/b20-17-,23-21-,26-24-,29-27-. The normalized spacial score (nSPS) is 12.3. The van der Waals surface area contributed by atoms with Gasteiger partial charge in [-0.2, -0.15) is 0 Å². The third-order valence-electron chi connectivity index (χ3n) is 14.6. The summed E-state index contributed by atoms with van der Waals surface area (Å²) in [7, 11) is 0. The molecule has 0 saturated carbocycles. The first-order valence-electron chi connectivity index (χ1n) is 32.6. The Balaban J connectivity index is 4.09. The molecule has 0 aromatic carbocycles. The van der Waals surface area contributed by atoms with Crippen molar-refractivity contribution in [2.75, 3.05) is 13.2 Å². The molecule has 0 aliphatic carbocycles. The molecule has 6 nitrogen and oxygen atoms in total. The Kier molecular flexibility index (Phi) is 60.7. The zero-order valence-electron chi connectivity index (χ0n) is 49.6. The number of carbonyl (C=O) groups is 3. The Morgan fingerprint density at radius 1 is 0.270 bits per heavy atom. The second-order valence-corrected chi connectivity index (χ2v) is 22.0. The number of esters is 3. The minimum Gasteiger partial charge on any atom is -0.462 e. The second kappa shape index (κ2) is 62.9. The third-order valence-corrected chi connectivity index (χ3v) is 14.6. The highest BCUT2D eigenvalue weighted by atomic mass is 16.6. The number of unbranched alkanes of at least 4 members (excludes halogenated alkanes) is 41. The molecule has 0 amide bonds. The number of carbonyl (C=O) groups excluding carboxylic acids is 3. The van der Waals surface area contributed by atoms with Crippen molar-refractivity contribution in [2.24, 2.45) is 0 Å². The van der Waals surface area contributed by atoms with E-state index in [1.807, 2.05) is 0 Å². The van der Waals surface area contributed by atoms with Gasteiger partial charge in [-0.15, -0.1) is 0 Å². The average Bonchev–Trinajstić information content (AvgIpc) is 3.40. The van der Waals surface area contributed by atoms with Crippen LogP contribution in [0.4, 0.5) is 0 Å². The van der Waals surface area contributed by atoms with Crippen molar-refractivity contribution in [2.45, 2.75) is 354 Å². The first kappa shape index (κ1) is 71.4. The van der Waals surface area contributed by atoms with Crippen LogP contribution in [0.5, 0.6) is 0 Å². The fourth-order valence-electron chi connectivity index (χ4n) is 9.62. The zero-order chi connectivity index (χ0) is 53.6. The topological polar surface area (TPSA) is 78.9 Å². The van der Waals surface area contributed by atoms with Crippen LogP contribution in [-0.2, 0) is 28.6 Å². The molecular weight excluding hydrogens is 913 g/mol. The fourth-order valence-corrected chi connectivity index (χ4v) is 9.62. The molecule has 0 bridgehead atoms. The summed E-state index contributed by atoms with van der Waals surface area (Å²) in [4.78, 5) is 38.1. The number of ether oxygens (including phenoxy) is 3. The highest BCUT2D eigenvalue weighted by Crippen LogP contribution is 2.17. The van der Waals surface area contributed by atoms with Gasteiger partial charge in [0.05, 0.1) is 0 Å². The van der Waals surface area contributed by atoms with Crippen LogP contribution in [0, 0.1) is 0 Å². The Labute approximate surface area is 460 Å². The maximum atomic E-state index is 12.9. The van der Waals surface area contributed by atoms with E-state index in [9.17, 15) is 14.4 Å². The molecule has 0 aromatic heterocycles. The van der Waals surface area contributed by atoms with Gasteiger partial charge in [-0.05, 0) is 83.5 Å². The van der Waals surface area contributed by atoms with Crippen LogP contribution in [0.3, 0.4) is 0 Å². The van der Waals surface area contributed by atoms with Gasteiger partial charge < -0.3 is 14.2 Å². The Morgan fingerprint density at radius 2 is 0.486 bits per heavy atom. The monoisotopic (exact) mass is 1040 g/mol. The molecule has 0 N–H and O–H groups in total. The summed E-state index contributed by atoms with van der Waals surface area (Å²) in [6.45, 7) is 6.62. The summed E-state index contributed by atoms with van der Waals surface area (Å²) in [6.07, 6.45) is 78.6. The Hall–Kier alpha value is -2.63. The molecule has 0 aliphatic heterocycles. The van der Waals surface area contributed by atoms with E-state index in [2.05, 4.69) is 69.4 Å². The van der Waals surface area contributed by atoms with Gasteiger partial charge in [-0.25, -0.2) is 0 Å². The van der Waals surface area contributed by atoms with Crippen LogP contribution in [0.1, 0.15) is 348 Å². The summed E-state index contributed by atoms with van der Waals surface area (Å²) in [5, 5.41) is 0. The summed E-state index contributed by atoms with van der Waals surface area (Å²) in [5.74, 6) is -0.860. The van der Waals surface area contributed by atoms with Crippen LogP contribution in [0.2, 0.25) is 0 Å². The molecule has 6 heteroatoms. The van der Waals surface area contributed by atoms with Crippen LogP contribution in [0.15, 0.2) is 48.6 Å². The van der Waals surface area contributed by atoms with Crippen molar-refractivity contribution >= 4 is 17.9 Å². The maximum absolute atomic E-state index is 12.9.